The van der Waals surface area contributed by atoms with E-state index >= 15 is 0 Å². The van der Waals surface area contributed by atoms with E-state index in [1.54, 1.807) is 32.7 Å². The van der Waals surface area contributed by atoms with Gasteiger partial charge in [0.2, 0.25) is 0 Å². The standard InChI is InChI=1S/C22H25ClN2O3S/c1-6-12-25(21-18(27-4)8-7-9-19(21)28-5)22-24-20(14(2)29-22)16-11-10-15(26-3)13-17(16)23/h7-11,13H,6,12H2,1-5H3. The molecular formula is C22H25ClN2O3S. The van der Waals surface area contributed by atoms with Crippen LogP contribution in [0.25, 0.3) is 11.3 Å². The van der Waals surface area contributed by atoms with E-state index in [4.69, 9.17) is 30.8 Å². The molecule has 3 rings (SSSR count). The monoisotopic (exact) mass is 432 g/mol. The summed E-state index contributed by atoms with van der Waals surface area (Å²) in [5.41, 5.74) is 2.63. The molecule has 1 heterocycles. The molecule has 0 saturated carbocycles. The fourth-order valence-electron chi connectivity index (χ4n) is 3.19. The summed E-state index contributed by atoms with van der Waals surface area (Å²) >= 11 is 8.13. The third-order valence-corrected chi connectivity index (χ3v) is 5.87. The van der Waals surface area contributed by atoms with Crippen molar-refractivity contribution in [2.24, 2.45) is 0 Å². The highest BCUT2D eigenvalue weighted by Gasteiger charge is 2.23. The molecule has 0 unspecified atom stereocenters. The lowest BCUT2D eigenvalue weighted by atomic mass is 10.1. The van der Waals surface area contributed by atoms with Gasteiger partial charge in [-0.3, -0.25) is 0 Å². The van der Waals surface area contributed by atoms with Crippen LogP contribution in [0.1, 0.15) is 18.2 Å². The van der Waals surface area contributed by atoms with Gasteiger partial charge in [-0.15, -0.1) is 11.3 Å². The van der Waals surface area contributed by atoms with Crippen molar-refractivity contribution in [1.29, 1.82) is 0 Å². The molecule has 0 saturated heterocycles. The predicted molar refractivity (Wildman–Crippen MR) is 121 cm³/mol. The van der Waals surface area contributed by atoms with Crippen molar-refractivity contribution in [1.82, 2.24) is 4.98 Å². The SMILES string of the molecule is CCCN(c1nc(-c2ccc(OC)cc2Cl)c(C)s1)c1c(OC)cccc1OC. The van der Waals surface area contributed by atoms with Crippen molar-refractivity contribution in [3.63, 3.8) is 0 Å². The molecule has 0 aliphatic heterocycles. The van der Waals surface area contributed by atoms with Crippen LogP contribution in [0.15, 0.2) is 36.4 Å². The minimum absolute atomic E-state index is 0.612. The van der Waals surface area contributed by atoms with Gasteiger partial charge < -0.3 is 19.1 Å². The zero-order valence-electron chi connectivity index (χ0n) is 17.3. The Kier molecular flexibility index (Phi) is 6.87. The first kappa shape index (κ1) is 21.3. The Bertz CT molecular complexity index is 968. The third-order valence-electron chi connectivity index (χ3n) is 4.57. The van der Waals surface area contributed by atoms with Crippen molar-refractivity contribution >= 4 is 33.8 Å². The van der Waals surface area contributed by atoms with Crippen LogP contribution in [0.3, 0.4) is 0 Å². The van der Waals surface area contributed by atoms with Crippen LogP contribution in [0.4, 0.5) is 10.8 Å². The van der Waals surface area contributed by atoms with Crippen molar-refractivity contribution < 1.29 is 14.2 Å². The molecule has 0 amide bonds. The number of nitrogens with zero attached hydrogens (tertiary/aromatic N) is 2. The molecule has 154 valence electrons. The molecule has 7 heteroatoms. The van der Waals surface area contributed by atoms with E-state index in [1.807, 2.05) is 36.4 Å². The maximum absolute atomic E-state index is 6.51. The predicted octanol–water partition coefficient (Wildman–Crippen LogP) is 6.35. The molecule has 0 fully saturated rings. The number of halogens is 1. The van der Waals surface area contributed by atoms with Crippen LogP contribution in [0, 0.1) is 6.92 Å². The van der Waals surface area contributed by atoms with Gasteiger partial charge in [-0.2, -0.15) is 0 Å². The lowest BCUT2D eigenvalue weighted by Crippen LogP contribution is -2.19. The molecule has 2 aromatic carbocycles. The molecular weight excluding hydrogens is 408 g/mol. The molecule has 5 nitrogen and oxygen atoms in total. The van der Waals surface area contributed by atoms with E-state index in [-0.39, 0.29) is 0 Å². The summed E-state index contributed by atoms with van der Waals surface area (Å²) in [6.07, 6.45) is 0.943. The van der Waals surface area contributed by atoms with E-state index in [1.165, 1.54) is 0 Å². The lowest BCUT2D eigenvalue weighted by Gasteiger charge is -2.25. The summed E-state index contributed by atoms with van der Waals surface area (Å²) in [4.78, 5) is 8.18. The molecule has 0 atom stereocenters. The summed E-state index contributed by atoms with van der Waals surface area (Å²) in [6.45, 7) is 4.97. The number of hydrogen-bond acceptors (Lipinski definition) is 6. The second-order valence-corrected chi connectivity index (χ2v) is 8.00. The summed E-state index contributed by atoms with van der Waals surface area (Å²) in [6, 6.07) is 11.4. The fourth-order valence-corrected chi connectivity index (χ4v) is 4.40. The number of methoxy groups -OCH3 is 3. The Labute approximate surface area is 180 Å². The van der Waals surface area contributed by atoms with Crippen LogP contribution in [-0.2, 0) is 0 Å². The minimum Gasteiger partial charge on any atom is -0.497 e. The summed E-state index contributed by atoms with van der Waals surface area (Å²) in [5, 5.41) is 1.48. The van der Waals surface area contributed by atoms with Crippen LogP contribution >= 0.6 is 22.9 Å². The smallest absolute Gasteiger partial charge is 0.190 e. The molecule has 29 heavy (non-hydrogen) atoms. The Morgan fingerprint density at radius 3 is 2.28 bits per heavy atom. The molecule has 0 aliphatic carbocycles. The second-order valence-electron chi connectivity index (χ2n) is 6.41. The van der Waals surface area contributed by atoms with Crippen molar-refractivity contribution in [2.45, 2.75) is 20.3 Å². The Morgan fingerprint density at radius 1 is 1.03 bits per heavy atom. The van der Waals surface area contributed by atoms with Gasteiger partial charge in [-0.05, 0) is 43.7 Å². The lowest BCUT2D eigenvalue weighted by molar-refractivity contribution is 0.395. The van der Waals surface area contributed by atoms with Crippen molar-refractivity contribution in [3.8, 4) is 28.5 Å². The molecule has 0 spiro atoms. The molecule has 1 aromatic heterocycles. The second kappa shape index (κ2) is 9.37. The Balaban J connectivity index is 2.11. The number of rotatable bonds is 8. The fraction of sp³-hybridized carbons (Fsp3) is 0.318. The van der Waals surface area contributed by atoms with E-state index in [9.17, 15) is 0 Å². The van der Waals surface area contributed by atoms with E-state index in [2.05, 4.69) is 18.7 Å². The van der Waals surface area contributed by atoms with Crippen molar-refractivity contribution in [3.05, 3.63) is 46.3 Å². The van der Waals surface area contributed by atoms with Crippen molar-refractivity contribution in [2.75, 3.05) is 32.8 Å². The number of thiazole rings is 1. The van der Waals surface area contributed by atoms with Gasteiger partial charge >= 0.3 is 0 Å². The summed E-state index contributed by atoms with van der Waals surface area (Å²) in [7, 11) is 4.96. The van der Waals surface area contributed by atoms with Crippen LogP contribution < -0.4 is 19.1 Å². The number of aryl methyl sites for hydroxylation is 1. The number of para-hydroxylation sites is 1. The highest BCUT2D eigenvalue weighted by Crippen LogP contribution is 2.45. The third kappa shape index (κ3) is 4.28. The zero-order valence-corrected chi connectivity index (χ0v) is 18.9. The topological polar surface area (TPSA) is 43.8 Å². The van der Waals surface area contributed by atoms with Gasteiger partial charge in [-0.1, -0.05) is 24.6 Å². The Hall–Kier alpha value is -2.44. The van der Waals surface area contributed by atoms with Gasteiger partial charge in [0.25, 0.3) is 0 Å². The quantitative estimate of drug-likeness (QED) is 0.415. The first-order chi connectivity index (χ1) is 14.0. The average Bonchev–Trinajstić information content (AvgIpc) is 3.12. The highest BCUT2D eigenvalue weighted by molar-refractivity contribution is 7.16. The van der Waals surface area contributed by atoms with Gasteiger partial charge in [-0.25, -0.2) is 4.98 Å². The molecule has 0 radical (unpaired) electrons. The molecule has 0 bridgehead atoms. The number of aromatic nitrogens is 1. The molecule has 3 aromatic rings. The minimum atomic E-state index is 0.612. The number of benzene rings is 2. The van der Waals surface area contributed by atoms with Gasteiger partial charge in [0.15, 0.2) is 5.13 Å². The van der Waals surface area contributed by atoms with Crippen LogP contribution in [0.2, 0.25) is 5.02 Å². The molecule has 0 N–H and O–H groups in total. The molecule has 0 aliphatic rings. The number of hydrogen-bond donors (Lipinski definition) is 0. The Morgan fingerprint density at radius 2 is 1.72 bits per heavy atom. The summed E-state index contributed by atoms with van der Waals surface area (Å²) in [5.74, 6) is 2.21. The largest absolute Gasteiger partial charge is 0.497 e. The highest BCUT2D eigenvalue weighted by atomic mass is 35.5. The van der Waals surface area contributed by atoms with E-state index < -0.39 is 0 Å². The van der Waals surface area contributed by atoms with E-state index in [0.717, 1.165) is 57.2 Å². The first-order valence-corrected chi connectivity index (χ1v) is 10.5. The van der Waals surface area contributed by atoms with Gasteiger partial charge in [0, 0.05) is 17.0 Å². The zero-order chi connectivity index (χ0) is 21.0. The number of anilines is 2. The number of ether oxygens (including phenoxy) is 3. The van der Waals surface area contributed by atoms with Gasteiger partial charge in [0.1, 0.15) is 22.9 Å². The normalized spacial score (nSPS) is 10.7. The maximum Gasteiger partial charge on any atom is 0.190 e. The maximum atomic E-state index is 6.51. The van der Waals surface area contributed by atoms with Crippen LogP contribution in [-0.4, -0.2) is 32.9 Å². The average molecular weight is 433 g/mol. The summed E-state index contributed by atoms with van der Waals surface area (Å²) < 4.78 is 16.5. The van der Waals surface area contributed by atoms with Crippen LogP contribution in [0.5, 0.6) is 17.2 Å². The van der Waals surface area contributed by atoms with Gasteiger partial charge in [0.05, 0.1) is 32.0 Å². The first-order valence-electron chi connectivity index (χ1n) is 9.33. The van der Waals surface area contributed by atoms with E-state index in [0.29, 0.717) is 5.02 Å².